The molecule has 1 aliphatic heterocycles. The van der Waals surface area contributed by atoms with E-state index in [9.17, 15) is 13.2 Å². The molecule has 0 spiro atoms. The molecule has 0 saturated carbocycles. The van der Waals surface area contributed by atoms with Crippen molar-refractivity contribution in [2.45, 2.75) is 26.3 Å². The van der Waals surface area contributed by atoms with Crippen LogP contribution < -0.4 is 15.0 Å². The number of methoxy groups -OCH3 is 1. The number of hydrogen-bond acceptors (Lipinski definition) is 5. The Bertz CT molecular complexity index is 1120. The number of morpholine rings is 1. The van der Waals surface area contributed by atoms with Crippen LogP contribution in [-0.2, 0) is 4.74 Å². The lowest BCUT2D eigenvalue weighted by molar-refractivity contribution is 0.122. The predicted molar refractivity (Wildman–Crippen MR) is 119 cm³/mol. The second-order valence-corrected chi connectivity index (χ2v) is 7.87. The summed E-state index contributed by atoms with van der Waals surface area (Å²) in [5, 5.41) is 4.15. The van der Waals surface area contributed by atoms with Gasteiger partial charge in [-0.1, -0.05) is 18.2 Å². The number of aryl methyl sites for hydroxylation is 1. The molecule has 8 heteroatoms. The highest BCUT2D eigenvalue weighted by atomic mass is 19.3. The molecule has 1 atom stereocenters. The SMILES string of the molecule is COc1cc2nc(C)cc(N[C@H](C)c3cccc(C(F)F)c3F)c2cc1N1CCOCC1. The van der Waals surface area contributed by atoms with Gasteiger partial charge in [0.05, 0.1) is 43.1 Å². The zero-order chi connectivity index (χ0) is 22.8. The minimum atomic E-state index is -2.87. The highest BCUT2D eigenvalue weighted by molar-refractivity contribution is 5.96. The number of nitrogens with zero attached hydrogens (tertiary/aromatic N) is 2. The molecule has 3 aromatic rings. The highest BCUT2D eigenvalue weighted by Crippen LogP contribution is 2.37. The second-order valence-electron chi connectivity index (χ2n) is 7.87. The molecule has 1 N–H and O–H groups in total. The number of rotatable bonds is 6. The number of halogens is 3. The van der Waals surface area contributed by atoms with Crippen molar-refractivity contribution in [1.29, 1.82) is 0 Å². The van der Waals surface area contributed by atoms with Crippen molar-refractivity contribution in [3.8, 4) is 5.75 Å². The summed E-state index contributed by atoms with van der Waals surface area (Å²) >= 11 is 0. The van der Waals surface area contributed by atoms with Crippen molar-refractivity contribution in [1.82, 2.24) is 4.98 Å². The standard InChI is InChI=1S/C24H26F3N3O2/c1-14-11-19(29-15(2)16-5-4-6-17(23(16)25)24(26)27)18-12-21(30-7-9-32-10-8-30)22(31-3)13-20(18)28-14/h4-6,11-13,15,24H,7-10H2,1-3H3,(H,28,29)/t15-/m1/s1. The molecule has 1 aliphatic rings. The normalized spacial score (nSPS) is 15.3. The van der Waals surface area contributed by atoms with Crippen molar-refractivity contribution in [3.63, 3.8) is 0 Å². The number of aromatic nitrogens is 1. The van der Waals surface area contributed by atoms with Gasteiger partial charge in [-0.25, -0.2) is 13.2 Å². The molecule has 32 heavy (non-hydrogen) atoms. The zero-order valence-electron chi connectivity index (χ0n) is 18.3. The average Bonchev–Trinajstić information content (AvgIpc) is 2.78. The van der Waals surface area contributed by atoms with E-state index in [0.29, 0.717) is 19.0 Å². The minimum Gasteiger partial charge on any atom is -0.495 e. The van der Waals surface area contributed by atoms with Crippen molar-refractivity contribution in [2.75, 3.05) is 43.6 Å². The third-order valence-electron chi connectivity index (χ3n) is 5.72. The van der Waals surface area contributed by atoms with Gasteiger partial charge in [0.1, 0.15) is 11.6 Å². The van der Waals surface area contributed by atoms with Crippen LogP contribution in [0.15, 0.2) is 36.4 Å². The quantitative estimate of drug-likeness (QED) is 0.532. The van der Waals surface area contributed by atoms with Crippen LogP contribution in [0, 0.1) is 12.7 Å². The molecule has 0 bridgehead atoms. The Morgan fingerprint density at radius 3 is 2.53 bits per heavy atom. The molecule has 0 unspecified atom stereocenters. The molecule has 0 radical (unpaired) electrons. The largest absolute Gasteiger partial charge is 0.495 e. The zero-order valence-corrected chi connectivity index (χ0v) is 18.3. The van der Waals surface area contributed by atoms with Gasteiger partial charge < -0.3 is 19.7 Å². The first-order valence-electron chi connectivity index (χ1n) is 10.5. The molecule has 1 saturated heterocycles. The molecule has 2 aromatic carbocycles. The summed E-state index contributed by atoms with van der Waals surface area (Å²) in [5.74, 6) is -0.166. The van der Waals surface area contributed by atoms with Gasteiger partial charge in [-0.05, 0) is 26.0 Å². The smallest absolute Gasteiger partial charge is 0.266 e. The molecule has 4 rings (SSSR count). The molecule has 0 aliphatic carbocycles. The van der Waals surface area contributed by atoms with E-state index < -0.39 is 23.8 Å². The third kappa shape index (κ3) is 4.32. The number of ether oxygens (including phenoxy) is 2. The van der Waals surface area contributed by atoms with Crippen molar-refractivity contribution >= 4 is 22.3 Å². The van der Waals surface area contributed by atoms with Crippen LogP contribution in [-0.4, -0.2) is 38.4 Å². The van der Waals surface area contributed by atoms with Crippen LogP contribution in [0.5, 0.6) is 5.75 Å². The maximum Gasteiger partial charge on any atom is 0.266 e. The van der Waals surface area contributed by atoms with Crippen LogP contribution in [0.3, 0.4) is 0 Å². The first-order chi connectivity index (χ1) is 15.4. The molecular formula is C24H26F3N3O2. The first-order valence-corrected chi connectivity index (χ1v) is 10.5. The Morgan fingerprint density at radius 1 is 1.12 bits per heavy atom. The van der Waals surface area contributed by atoms with E-state index in [1.54, 1.807) is 14.0 Å². The lowest BCUT2D eigenvalue weighted by atomic mass is 10.0. The number of fused-ring (bicyclic) bond motifs is 1. The fraction of sp³-hybridized carbons (Fsp3) is 0.375. The molecule has 2 heterocycles. The van der Waals surface area contributed by atoms with E-state index in [-0.39, 0.29) is 5.56 Å². The summed E-state index contributed by atoms with van der Waals surface area (Å²) in [7, 11) is 1.63. The molecule has 1 aromatic heterocycles. The van der Waals surface area contributed by atoms with Gasteiger partial charge in [-0.2, -0.15) is 0 Å². The molecule has 1 fully saturated rings. The topological polar surface area (TPSA) is 46.6 Å². The summed E-state index contributed by atoms with van der Waals surface area (Å²) in [6.45, 7) is 6.37. The minimum absolute atomic E-state index is 0.187. The first kappa shape index (κ1) is 22.2. The van der Waals surface area contributed by atoms with E-state index in [1.807, 2.05) is 25.1 Å². The summed E-state index contributed by atoms with van der Waals surface area (Å²) in [6.07, 6.45) is -2.87. The van der Waals surface area contributed by atoms with Crippen LogP contribution >= 0.6 is 0 Å². The van der Waals surface area contributed by atoms with Crippen LogP contribution in [0.2, 0.25) is 0 Å². The third-order valence-corrected chi connectivity index (χ3v) is 5.72. The number of benzene rings is 2. The van der Waals surface area contributed by atoms with Gasteiger partial charge in [0.2, 0.25) is 0 Å². The monoisotopic (exact) mass is 445 g/mol. The summed E-state index contributed by atoms with van der Waals surface area (Å²) in [5.41, 5.74) is 2.78. The number of hydrogen-bond donors (Lipinski definition) is 1. The van der Waals surface area contributed by atoms with Crippen molar-refractivity contribution in [3.05, 3.63) is 59.0 Å². The Hall–Kier alpha value is -3.00. The van der Waals surface area contributed by atoms with Crippen LogP contribution in [0.1, 0.15) is 36.2 Å². The molecule has 5 nitrogen and oxygen atoms in total. The average molecular weight is 445 g/mol. The Balaban J connectivity index is 1.76. The Morgan fingerprint density at radius 2 is 1.84 bits per heavy atom. The van der Waals surface area contributed by atoms with E-state index in [4.69, 9.17) is 9.47 Å². The second kappa shape index (κ2) is 9.24. The van der Waals surface area contributed by atoms with E-state index in [2.05, 4.69) is 15.2 Å². The summed E-state index contributed by atoms with van der Waals surface area (Å²) < 4.78 is 52.1. The van der Waals surface area contributed by atoms with Crippen LogP contribution in [0.25, 0.3) is 10.9 Å². The fourth-order valence-corrected chi connectivity index (χ4v) is 4.09. The highest BCUT2D eigenvalue weighted by Gasteiger charge is 2.21. The molecule has 170 valence electrons. The van der Waals surface area contributed by atoms with E-state index >= 15 is 0 Å². The van der Waals surface area contributed by atoms with Crippen LogP contribution in [0.4, 0.5) is 24.5 Å². The van der Waals surface area contributed by atoms with Gasteiger partial charge in [-0.15, -0.1) is 0 Å². The predicted octanol–water partition coefficient (Wildman–Crippen LogP) is 5.64. The Kier molecular flexibility index (Phi) is 6.41. The Labute approximate surface area is 185 Å². The van der Waals surface area contributed by atoms with Gasteiger partial charge in [0.25, 0.3) is 6.43 Å². The lowest BCUT2D eigenvalue weighted by Gasteiger charge is -2.30. The lowest BCUT2D eigenvalue weighted by Crippen LogP contribution is -2.36. The molecular weight excluding hydrogens is 419 g/mol. The fourth-order valence-electron chi connectivity index (χ4n) is 4.09. The number of anilines is 2. The van der Waals surface area contributed by atoms with Gasteiger partial charge in [-0.3, -0.25) is 4.98 Å². The van der Waals surface area contributed by atoms with E-state index in [1.165, 1.54) is 12.1 Å². The maximum atomic E-state index is 14.7. The number of alkyl halides is 2. The van der Waals surface area contributed by atoms with Crippen molar-refractivity contribution in [2.24, 2.45) is 0 Å². The van der Waals surface area contributed by atoms with E-state index in [0.717, 1.165) is 47.1 Å². The van der Waals surface area contributed by atoms with Gasteiger partial charge in [0.15, 0.2) is 0 Å². The van der Waals surface area contributed by atoms with Gasteiger partial charge in [0, 0.05) is 41.5 Å². The number of pyridine rings is 1. The van der Waals surface area contributed by atoms with Crippen molar-refractivity contribution < 1.29 is 22.6 Å². The maximum absolute atomic E-state index is 14.7. The molecule has 0 amide bonds. The summed E-state index contributed by atoms with van der Waals surface area (Å²) in [6, 6.07) is 9.33. The van der Waals surface area contributed by atoms with Gasteiger partial charge >= 0.3 is 0 Å². The summed E-state index contributed by atoms with van der Waals surface area (Å²) in [4.78, 5) is 6.82. The number of nitrogens with one attached hydrogen (secondary N) is 1.